The van der Waals surface area contributed by atoms with E-state index in [-0.39, 0.29) is 18.2 Å². The molecule has 5 nitrogen and oxygen atoms in total. The molecule has 0 saturated heterocycles. The lowest BCUT2D eigenvalue weighted by molar-refractivity contribution is -0.138. The molecule has 0 aliphatic heterocycles. The van der Waals surface area contributed by atoms with Gasteiger partial charge in [-0.3, -0.25) is 4.98 Å². The smallest absolute Gasteiger partial charge is 0.364 e. The number of anilines is 2. The van der Waals surface area contributed by atoms with E-state index in [9.17, 15) is 13.2 Å². The highest BCUT2D eigenvalue weighted by Gasteiger charge is 2.32. The minimum Gasteiger partial charge on any atom is -0.364 e. The Labute approximate surface area is 148 Å². The van der Waals surface area contributed by atoms with Crippen LogP contribution in [0.25, 0.3) is 11.0 Å². The molecule has 0 fully saturated rings. The van der Waals surface area contributed by atoms with Crippen molar-refractivity contribution in [3.8, 4) is 0 Å². The molecular weight excluding hydrogens is 343 g/mol. The molecule has 0 amide bonds. The van der Waals surface area contributed by atoms with E-state index in [0.29, 0.717) is 22.8 Å². The molecule has 0 saturated carbocycles. The van der Waals surface area contributed by atoms with Crippen molar-refractivity contribution in [3.63, 3.8) is 0 Å². The Morgan fingerprint density at radius 1 is 1.04 bits per heavy atom. The quantitative estimate of drug-likeness (QED) is 0.702. The zero-order chi connectivity index (χ0) is 18.7. The average molecular weight is 361 g/mol. The minimum absolute atomic E-state index is 0.0283. The van der Waals surface area contributed by atoms with Gasteiger partial charge < -0.3 is 10.6 Å². The largest absolute Gasteiger partial charge is 0.416 e. The van der Waals surface area contributed by atoms with Crippen LogP contribution in [0.2, 0.25) is 0 Å². The Morgan fingerprint density at radius 2 is 1.81 bits per heavy atom. The number of fused-ring (bicyclic) bond motifs is 1. The lowest BCUT2D eigenvalue weighted by Gasteiger charge is -2.15. The van der Waals surface area contributed by atoms with Crippen molar-refractivity contribution in [2.24, 2.45) is 0 Å². The molecular formula is C18H18F3N5. The zero-order valence-electron chi connectivity index (χ0n) is 14.3. The van der Waals surface area contributed by atoms with Gasteiger partial charge in [-0.1, -0.05) is 18.2 Å². The van der Waals surface area contributed by atoms with Crippen LogP contribution in [0.15, 0.2) is 42.6 Å². The highest BCUT2D eigenvalue weighted by atomic mass is 19.4. The maximum Gasteiger partial charge on any atom is 0.416 e. The third-order valence-corrected chi connectivity index (χ3v) is 3.64. The van der Waals surface area contributed by atoms with Crippen molar-refractivity contribution >= 4 is 22.8 Å². The Bertz CT molecular complexity index is 909. The van der Waals surface area contributed by atoms with Crippen molar-refractivity contribution in [2.75, 3.05) is 10.6 Å². The van der Waals surface area contributed by atoms with Crippen LogP contribution in [0.1, 0.15) is 25.0 Å². The van der Waals surface area contributed by atoms with E-state index in [1.54, 1.807) is 24.4 Å². The van der Waals surface area contributed by atoms with Gasteiger partial charge in [0.05, 0.1) is 11.1 Å². The van der Waals surface area contributed by atoms with Gasteiger partial charge in [0.15, 0.2) is 5.82 Å². The van der Waals surface area contributed by atoms with Crippen LogP contribution in [0.4, 0.5) is 24.9 Å². The molecule has 0 radical (unpaired) electrons. The Morgan fingerprint density at radius 3 is 2.54 bits per heavy atom. The molecule has 1 aromatic carbocycles. The summed E-state index contributed by atoms with van der Waals surface area (Å²) in [7, 11) is 0. The van der Waals surface area contributed by atoms with Gasteiger partial charge in [-0.2, -0.15) is 18.2 Å². The van der Waals surface area contributed by atoms with Gasteiger partial charge in [0.2, 0.25) is 5.95 Å². The first-order valence-corrected chi connectivity index (χ1v) is 8.13. The Hall–Kier alpha value is -2.90. The maximum atomic E-state index is 13.2. The molecule has 0 spiro atoms. The number of halogens is 3. The molecule has 26 heavy (non-hydrogen) atoms. The molecule has 3 rings (SSSR count). The SMILES string of the molecule is CC(C)Nc1nc(NCc2ccccc2C(F)(F)F)c2ncccc2n1. The molecule has 2 N–H and O–H groups in total. The summed E-state index contributed by atoms with van der Waals surface area (Å²) in [5.74, 6) is 0.780. The van der Waals surface area contributed by atoms with Crippen molar-refractivity contribution in [3.05, 3.63) is 53.7 Å². The van der Waals surface area contributed by atoms with Crippen LogP contribution < -0.4 is 10.6 Å². The predicted molar refractivity (Wildman–Crippen MR) is 94.9 cm³/mol. The maximum absolute atomic E-state index is 13.2. The summed E-state index contributed by atoms with van der Waals surface area (Å²) < 4.78 is 39.5. The third-order valence-electron chi connectivity index (χ3n) is 3.64. The Balaban J connectivity index is 1.94. The van der Waals surface area contributed by atoms with Crippen LogP contribution in [0.3, 0.4) is 0 Å². The number of nitrogens with zero attached hydrogens (tertiary/aromatic N) is 3. The fraction of sp³-hybridized carbons (Fsp3) is 0.278. The normalized spacial score (nSPS) is 11.8. The second-order valence-corrected chi connectivity index (χ2v) is 6.07. The number of alkyl halides is 3. The van der Waals surface area contributed by atoms with Gasteiger partial charge >= 0.3 is 6.18 Å². The molecule has 0 bridgehead atoms. The summed E-state index contributed by atoms with van der Waals surface area (Å²) in [4.78, 5) is 13.0. The second kappa shape index (κ2) is 7.15. The summed E-state index contributed by atoms with van der Waals surface area (Å²) in [5, 5.41) is 6.08. The monoisotopic (exact) mass is 361 g/mol. The van der Waals surface area contributed by atoms with Crippen LogP contribution in [-0.4, -0.2) is 21.0 Å². The molecule has 0 aliphatic rings. The molecule has 8 heteroatoms. The van der Waals surface area contributed by atoms with Crippen LogP contribution in [-0.2, 0) is 12.7 Å². The summed E-state index contributed by atoms with van der Waals surface area (Å²) in [5.41, 5.74) is 0.587. The number of benzene rings is 1. The first-order valence-electron chi connectivity index (χ1n) is 8.13. The summed E-state index contributed by atoms with van der Waals surface area (Å²) in [6.45, 7) is 3.87. The highest BCUT2D eigenvalue weighted by molar-refractivity contribution is 5.86. The van der Waals surface area contributed by atoms with E-state index in [1.165, 1.54) is 12.1 Å². The predicted octanol–water partition coefficient (Wildman–Crippen LogP) is 4.48. The lowest BCUT2D eigenvalue weighted by atomic mass is 10.1. The molecule has 3 aromatic rings. The second-order valence-electron chi connectivity index (χ2n) is 6.07. The van der Waals surface area contributed by atoms with Crippen LogP contribution in [0, 0.1) is 0 Å². The summed E-state index contributed by atoms with van der Waals surface area (Å²) in [6, 6.07) is 9.11. The first-order chi connectivity index (χ1) is 12.3. The van der Waals surface area contributed by atoms with Gasteiger partial charge in [0.1, 0.15) is 5.52 Å². The lowest BCUT2D eigenvalue weighted by Crippen LogP contribution is -2.15. The number of nitrogens with one attached hydrogen (secondary N) is 2. The molecule has 0 unspecified atom stereocenters. The van der Waals surface area contributed by atoms with E-state index in [2.05, 4.69) is 25.6 Å². The van der Waals surface area contributed by atoms with Crippen LogP contribution in [0.5, 0.6) is 0 Å². The van der Waals surface area contributed by atoms with E-state index < -0.39 is 11.7 Å². The van der Waals surface area contributed by atoms with Gasteiger partial charge in [0.25, 0.3) is 0 Å². The van der Waals surface area contributed by atoms with Crippen molar-refractivity contribution in [1.29, 1.82) is 0 Å². The number of pyridine rings is 1. The molecule has 2 aromatic heterocycles. The fourth-order valence-electron chi connectivity index (χ4n) is 2.54. The van der Waals surface area contributed by atoms with Gasteiger partial charge in [-0.15, -0.1) is 0 Å². The standard InChI is InChI=1S/C18H18F3N5/c1-11(2)24-17-25-14-8-5-9-22-15(14)16(26-17)23-10-12-6-3-4-7-13(12)18(19,20)21/h3-9,11H,10H2,1-2H3,(H2,23,24,25,26). The number of aromatic nitrogens is 3. The molecule has 0 atom stereocenters. The topological polar surface area (TPSA) is 62.7 Å². The third kappa shape index (κ3) is 4.01. The number of hydrogen-bond acceptors (Lipinski definition) is 5. The van der Waals surface area contributed by atoms with Crippen molar-refractivity contribution < 1.29 is 13.2 Å². The number of rotatable bonds is 5. The van der Waals surface area contributed by atoms with E-state index in [4.69, 9.17) is 0 Å². The van der Waals surface area contributed by atoms with Gasteiger partial charge in [-0.05, 0) is 37.6 Å². The summed E-state index contributed by atoms with van der Waals surface area (Å²) >= 11 is 0. The molecule has 2 heterocycles. The van der Waals surface area contributed by atoms with Crippen LogP contribution >= 0.6 is 0 Å². The van der Waals surface area contributed by atoms with E-state index in [1.807, 2.05) is 13.8 Å². The average Bonchev–Trinajstić information content (AvgIpc) is 2.58. The van der Waals surface area contributed by atoms with E-state index >= 15 is 0 Å². The molecule has 0 aliphatic carbocycles. The minimum atomic E-state index is -4.41. The number of hydrogen-bond donors (Lipinski definition) is 2. The first kappa shape index (κ1) is 17.9. The zero-order valence-corrected chi connectivity index (χ0v) is 14.3. The fourth-order valence-corrected chi connectivity index (χ4v) is 2.54. The van der Waals surface area contributed by atoms with Gasteiger partial charge in [0, 0.05) is 18.8 Å². The highest BCUT2D eigenvalue weighted by Crippen LogP contribution is 2.32. The van der Waals surface area contributed by atoms with Gasteiger partial charge in [-0.25, -0.2) is 4.98 Å². The Kier molecular flexibility index (Phi) is 4.92. The van der Waals surface area contributed by atoms with Crippen molar-refractivity contribution in [2.45, 2.75) is 32.6 Å². The van der Waals surface area contributed by atoms with E-state index in [0.717, 1.165) is 6.07 Å². The summed E-state index contributed by atoms with van der Waals surface area (Å²) in [6.07, 6.45) is -2.81. The van der Waals surface area contributed by atoms with Crippen molar-refractivity contribution in [1.82, 2.24) is 15.0 Å². The molecule has 136 valence electrons.